The van der Waals surface area contributed by atoms with Crippen molar-refractivity contribution in [2.24, 2.45) is 5.73 Å². The molecule has 1 heterocycles. The van der Waals surface area contributed by atoms with E-state index in [-0.39, 0.29) is 11.5 Å². The first-order valence-corrected chi connectivity index (χ1v) is 7.42. The number of nitrogens with two attached hydrogens (primary N) is 1. The summed E-state index contributed by atoms with van der Waals surface area (Å²) in [4.78, 5) is 0. The number of hydrogen-bond acceptors (Lipinski definition) is 2. The highest BCUT2D eigenvalue weighted by atomic mass is 16.3. The van der Waals surface area contributed by atoms with E-state index in [4.69, 9.17) is 10.2 Å². The first kappa shape index (κ1) is 14.9. The molecule has 1 aromatic carbocycles. The van der Waals surface area contributed by atoms with Crippen molar-refractivity contribution < 1.29 is 4.42 Å². The van der Waals surface area contributed by atoms with Crippen molar-refractivity contribution in [2.45, 2.75) is 52.0 Å². The molecule has 0 saturated heterocycles. The van der Waals surface area contributed by atoms with Crippen molar-refractivity contribution >= 4 is 0 Å². The Labute approximate surface area is 122 Å². The van der Waals surface area contributed by atoms with Crippen molar-refractivity contribution in [3.05, 3.63) is 59.0 Å². The number of aryl methyl sites for hydroxylation is 1. The Morgan fingerprint density at radius 2 is 1.75 bits per heavy atom. The summed E-state index contributed by atoms with van der Waals surface area (Å²) in [5.41, 5.74) is 10.2. The number of benzene rings is 1. The van der Waals surface area contributed by atoms with Crippen molar-refractivity contribution in [1.29, 1.82) is 0 Å². The van der Waals surface area contributed by atoms with Crippen LogP contribution in [0.4, 0.5) is 0 Å². The molecule has 0 bridgehead atoms. The van der Waals surface area contributed by atoms with E-state index in [9.17, 15) is 0 Å². The molecule has 1 atom stereocenters. The first-order chi connectivity index (χ1) is 9.49. The molecular weight excluding hydrogens is 246 g/mol. The Kier molecular flexibility index (Phi) is 4.34. The van der Waals surface area contributed by atoms with E-state index in [1.54, 1.807) is 6.26 Å². The molecule has 0 aliphatic carbocycles. The van der Waals surface area contributed by atoms with E-state index in [2.05, 4.69) is 52.0 Å². The molecule has 0 saturated carbocycles. The zero-order chi connectivity index (χ0) is 14.8. The van der Waals surface area contributed by atoms with Gasteiger partial charge in [-0.15, -0.1) is 0 Å². The highest BCUT2D eigenvalue weighted by Crippen LogP contribution is 2.29. The van der Waals surface area contributed by atoms with Gasteiger partial charge in [0.2, 0.25) is 0 Å². The molecule has 2 aromatic rings. The first-order valence-electron chi connectivity index (χ1n) is 7.42. The Bertz CT molecular complexity index is 551. The van der Waals surface area contributed by atoms with Crippen LogP contribution in [0.2, 0.25) is 0 Å². The van der Waals surface area contributed by atoms with E-state index in [1.807, 2.05) is 6.07 Å². The lowest BCUT2D eigenvalue weighted by Crippen LogP contribution is -2.16. The molecule has 0 amide bonds. The van der Waals surface area contributed by atoms with Gasteiger partial charge in [-0.25, -0.2) is 0 Å². The minimum atomic E-state index is -0.109. The second kappa shape index (κ2) is 5.84. The third-order valence-electron chi connectivity index (χ3n) is 4.37. The van der Waals surface area contributed by atoms with Crippen LogP contribution in [0.5, 0.6) is 0 Å². The Morgan fingerprint density at radius 1 is 1.10 bits per heavy atom. The van der Waals surface area contributed by atoms with Gasteiger partial charge < -0.3 is 10.2 Å². The fourth-order valence-electron chi connectivity index (χ4n) is 2.44. The summed E-state index contributed by atoms with van der Waals surface area (Å²) < 4.78 is 5.47. The third kappa shape index (κ3) is 2.80. The van der Waals surface area contributed by atoms with Crippen LogP contribution < -0.4 is 5.73 Å². The highest BCUT2D eigenvalue weighted by molar-refractivity contribution is 5.36. The Morgan fingerprint density at radius 3 is 2.30 bits per heavy atom. The molecule has 108 valence electrons. The minimum Gasteiger partial charge on any atom is -0.469 e. The SMILES string of the molecule is CCc1occc1C(N)c1ccc(C(C)(C)CC)cc1. The second-order valence-corrected chi connectivity index (χ2v) is 5.99. The van der Waals surface area contributed by atoms with Crippen molar-refractivity contribution in [3.63, 3.8) is 0 Å². The lowest BCUT2D eigenvalue weighted by Gasteiger charge is -2.24. The molecule has 0 aliphatic rings. The highest BCUT2D eigenvalue weighted by Gasteiger charge is 2.19. The third-order valence-corrected chi connectivity index (χ3v) is 4.37. The number of rotatable bonds is 5. The van der Waals surface area contributed by atoms with Crippen LogP contribution in [0.3, 0.4) is 0 Å². The second-order valence-electron chi connectivity index (χ2n) is 5.99. The fraction of sp³-hybridized carbons (Fsp3) is 0.444. The van der Waals surface area contributed by atoms with Crippen LogP contribution in [0.15, 0.2) is 41.0 Å². The quantitative estimate of drug-likeness (QED) is 0.864. The summed E-state index contributed by atoms with van der Waals surface area (Å²) in [5, 5.41) is 0. The van der Waals surface area contributed by atoms with Gasteiger partial charge in [-0.1, -0.05) is 52.0 Å². The van der Waals surface area contributed by atoms with Crippen molar-refractivity contribution in [2.75, 3.05) is 0 Å². The number of furan rings is 1. The molecular formula is C18H25NO. The molecule has 1 unspecified atom stereocenters. The van der Waals surface area contributed by atoms with E-state index < -0.39 is 0 Å². The van der Waals surface area contributed by atoms with Crippen LogP contribution in [-0.2, 0) is 11.8 Å². The van der Waals surface area contributed by atoms with Crippen molar-refractivity contribution in [3.8, 4) is 0 Å². The predicted molar refractivity (Wildman–Crippen MR) is 83.9 cm³/mol. The van der Waals surface area contributed by atoms with Gasteiger partial charge in [0.1, 0.15) is 5.76 Å². The summed E-state index contributed by atoms with van der Waals surface area (Å²) in [5.74, 6) is 0.982. The lowest BCUT2D eigenvalue weighted by molar-refractivity contribution is 0.505. The normalized spacial score (nSPS) is 13.4. The summed E-state index contributed by atoms with van der Waals surface area (Å²) in [6, 6.07) is 10.6. The standard InChI is InChI=1S/C18H25NO/c1-5-16-15(11-12-20-16)17(19)13-7-9-14(10-8-13)18(3,4)6-2/h7-12,17H,5-6,19H2,1-4H3. The molecule has 2 heteroatoms. The van der Waals surface area contributed by atoms with Crippen LogP contribution in [0, 0.1) is 0 Å². The molecule has 2 nitrogen and oxygen atoms in total. The van der Waals surface area contributed by atoms with Crippen LogP contribution >= 0.6 is 0 Å². The van der Waals surface area contributed by atoms with Crippen molar-refractivity contribution in [1.82, 2.24) is 0 Å². The monoisotopic (exact) mass is 271 g/mol. The average Bonchev–Trinajstić information content (AvgIpc) is 2.95. The molecule has 2 N–H and O–H groups in total. The van der Waals surface area contributed by atoms with E-state index in [1.165, 1.54) is 5.56 Å². The van der Waals surface area contributed by atoms with Crippen LogP contribution in [0.1, 0.15) is 62.6 Å². The number of hydrogen-bond donors (Lipinski definition) is 1. The van der Waals surface area contributed by atoms with Crippen LogP contribution in [-0.4, -0.2) is 0 Å². The van der Waals surface area contributed by atoms with Gasteiger partial charge in [0.25, 0.3) is 0 Å². The predicted octanol–water partition coefficient (Wildman–Crippen LogP) is 4.58. The van der Waals surface area contributed by atoms with Gasteiger partial charge in [-0.2, -0.15) is 0 Å². The van der Waals surface area contributed by atoms with Gasteiger partial charge in [-0.05, 0) is 29.0 Å². The lowest BCUT2D eigenvalue weighted by atomic mass is 9.81. The average molecular weight is 271 g/mol. The van der Waals surface area contributed by atoms with E-state index in [0.717, 1.165) is 29.7 Å². The molecule has 20 heavy (non-hydrogen) atoms. The molecule has 0 spiro atoms. The van der Waals surface area contributed by atoms with E-state index >= 15 is 0 Å². The van der Waals surface area contributed by atoms with Gasteiger partial charge in [0.15, 0.2) is 0 Å². The Hall–Kier alpha value is -1.54. The molecule has 0 fully saturated rings. The summed E-state index contributed by atoms with van der Waals surface area (Å²) >= 11 is 0. The zero-order valence-corrected chi connectivity index (χ0v) is 12.9. The van der Waals surface area contributed by atoms with Gasteiger partial charge in [0.05, 0.1) is 12.3 Å². The molecule has 0 aliphatic heterocycles. The zero-order valence-electron chi connectivity index (χ0n) is 12.9. The summed E-state index contributed by atoms with van der Waals surface area (Å²) in [6.07, 6.45) is 3.72. The maximum Gasteiger partial charge on any atom is 0.108 e. The Balaban J connectivity index is 2.26. The smallest absolute Gasteiger partial charge is 0.108 e. The van der Waals surface area contributed by atoms with Gasteiger partial charge in [-0.3, -0.25) is 0 Å². The summed E-state index contributed by atoms with van der Waals surface area (Å²) in [7, 11) is 0. The molecule has 2 rings (SSSR count). The van der Waals surface area contributed by atoms with Gasteiger partial charge in [0, 0.05) is 12.0 Å². The van der Waals surface area contributed by atoms with Crippen LogP contribution in [0.25, 0.3) is 0 Å². The van der Waals surface area contributed by atoms with Gasteiger partial charge >= 0.3 is 0 Å². The minimum absolute atomic E-state index is 0.109. The largest absolute Gasteiger partial charge is 0.469 e. The summed E-state index contributed by atoms with van der Waals surface area (Å²) in [6.45, 7) is 8.85. The molecule has 1 aromatic heterocycles. The maximum absolute atomic E-state index is 6.37. The fourth-order valence-corrected chi connectivity index (χ4v) is 2.44. The molecule has 0 radical (unpaired) electrons. The maximum atomic E-state index is 6.37. The van der Waals surface area contributed by atoms with E-state index in [0.29, 0.717) is 0 Å². The topological polar surface area (TPSA) is 39.2 Å².